The number of hydrogen-bond donors (Lipinski definition) is 2. The molecule has 0 aliphatic heterocycles. The molecular formula is C16H21NO3. The minimum Gasteiger partial charge on any atom is -0.481 e. The van der Waals surface area contributed by atoms with Gasteiger partial charge in [0.15, 0.2) is 0 Å². The third kappa shape index (κ3) is 3.18. The first-order chi connectivity index (χ1) is 9.36. The maximum absolute atomic E-state index is 12.3. The fourth-order valence-electron chi connectivity index (χ4n) is 3.14. The van der Waals surface area contributed by atoms with Crippen LogP contribution in [0.5, 0.6) is 0 Å². The van der Waals surface area contributed by atoms with Crippen LogP contribution in [0, 0.1) is 31.6 Å². The maximum atomic E-state index is 12.3. The predicted molar refractivity (Wildman–Crippen MR) is 77.6 cm³/mol. The number of hydrogen-bond acceptors (Lipinski definition) is 2. The number of carboxylic acids is 1. The molecule has 1 fully saturated rings. The summed E-state index contributed by atoms with van der Waals surface area (Å²) in [5.41, 5.74) is 2.90. The fraction of sp³-hybridized carbons (Fsp3) is 0.500. The van der Waals surface area contributed by atoms with Gasteiger partial charge in [-0.15, -0.1) is 0 Å². The Morgan fingerprint density at radius 3 is 2.20 bits per heavy atom. The van der Waals surface area contributed by atoms with Crippen LogP contribution in [-0.4, -0.2) is 17.0 Å². The van der Waals surface area contributed by atoms with E-state index in [1.165, 1.54) is 0 Å². The number of aryl methyl sites for hydroxylation is 2. The normalized spacial score (nSPS) is 25.4. The molecule has 0 spiro atoms. The summed E-state index contributed by atoms with van der Waals surface area (Å²) >= 11 is 0. The summed E-state index contributed by atoms with van der Waals surface area (Å²) in [4.78, 5) is 23.6. The van der Waals surface area contributed by atoms with E-state index in [0.29, 0.717) is 12.8 Å². The van der Waals surface area contributed by atoms with Crippen LogP contribution in [0.15, 0.2) is 18.2 Å². The number of amides is 1. The van der Waals surface area contributed by atoms with E-state index >= 15 is 0 Å². The highest BCUT2D eigenvalue weighted by Gasteiger charge is 2.41. The molecule has 4 nitrogen and oxygen atoms in total. The van der Waals surface area contributed by atoms with Crippen LogP contribution in [0.2, 0.25) is 0 Å². The average molecular weight is 275 g/mol. The highest BCUT2D eigenvalue weighted by atomic mass is 16.4. The highest BCUT2D eigenvalue weighted by Crippen LogP contribution is 2.37. The molecule has 3 atom stereocenters. The van der Waals surface area contributed by atoms with Crippen molar-refractivity contribution in [2.24, 2.45) is 17.8 Å². The number of anilines is 1. The second-order valence-corrected chi connectivity index (χ2v) is 5.99. The zero-order valence-corrected chi connectivity index (χ0v) is 12.1. The van der Waals surface area contributed by atoms with E-state index in [-0.39, 0.29) is 11.8 Å². The zero-order chi connectivity index (χ0) is 14.9. The number of rotatable bonds is 3. The molecule has 1 aromatic rings. The van der Waals surface area contributed by atoms with Crippen molar-refractivity contribution in [2.75, 3.05) is 5.32 Å². The van der Waals surface area contributed by atoms with Crippen LogP contribution < -0.4 is 5.32 Å². The summed E-state index contributed by atoms with van der Waals surface area (Å²) in [6.07, 6.45) is 1.23. The van der Waals surface area contributed by atoms with Gasteiger partial charge in [0.05, 0.1) is 11.8 Å². The minimum absolute atomic E-state index is 0.174. The van der Waals surface area contributed by atoms with Gasteiger partial charge in [-0.25, -0.2) is 0 Å². The van der Waals surface area contributed by atoms with Crippen molar-refractivity contribution in [3.8, 4) is 0 Å². The Labute approximate surface area is 119 Å². The number of benzene rings is 1. The fourth-order valence-corrected chi connectivity index (χ4v) is 3.14. The average Bonchev–Trinajstić information content (AvgIpc) is 2.70. The van der Waals surface area contributed by atoms with E-state index in [4.69, 9.17) is 0 Å². The first-order valence-electron chi connectivity index (χ1n) is 6.98. The van der Waals surface area contributed by atoms with Gasteiger partial charge in [0.25, 0.3) is 0 Å². The first-order valence-corrected chi connectivity index (χ1v) is 6.98. The molecule has 2 rings (SSSR count). The Kier molecular flexibility index (Phi) is 4.12. The number of carbonyl (C=O) groups is 2. The van der Waals surface area contributed by atoms with Gasteiger partial charge in [-0.1, -0.05) is 13.0 Å². The molecule has 2 N–H and O–H groups in total. The molecule has 0 radical (unpaired) electrons. The Hall–Kier alpha value is -1.84. The Bertz CT molecular complexity index is 518. The molecule has 1 aromatic carbocycles. The standard InChI is InChI=1S/C16H21NO3/c1-9-4-10(2)6-12(5-9)17-15(18)13-7-11(3)8-14(13)16(19)20/h4-6,11,13-14H,7-8H2,1-3H3,(H,17,18)(H,19,20). The van der Waals surface area contributed by atoms with E-state index in [9.17, 15) is 14.7 Å². The first kappa shape index (κ1) is 14.6. The molecule has 1 amide bonds. The predicted octanol–water partition coefficient (Wildman–Crippen LogP) is 2.99. The van der Waals surface area contributed by atoms with Gasteiger partial charge in [-0.05, 0) is 55.9 Å². The molecule has 1 aliphatic carbocycles. The molecule has 20 heavy (non-hydrogen) atoms. The van der Waals surface area contributed by atoms with Crippen molar-refractivity contribution in [3.63, 3.8) is 0 Å². The molecule has 0 aromatic heterocycles. The van der Waals surface area contributed by atoms with Crippen molar-refractivity contribution in [1.29, 1.82) is 0 Å². The van der Waals surface area contributed by atoms with Gasteiger partial charge in [-0.3, -0.25) is 9.59 Å². The van der Waals surface area contributed by atoms with Gasteiger partial charge in [0.2, 0.25) is 5.91 Å². The monoisotopic (exact) mass is 275 g/mol. The van der Waals surface area contributed by atoms with E-state index in [1.54, 1.807) is 0 Å². The Morgan fingerprint density at radius 2 is 1.65 bits per heavy atom. The highest BCUT2D eigenvalue weighted by molar-refractivity contribution is 5.95. The summed E-state index contributed by atoms with van der Waals surface area (Å²) in [7, 11) is 0. The maximum Gasteiger partial charge on any atom is 0.307 e. The zero-order valence-electron chi connectivity index (χ0n) is 12.1. The molecular weight excluding hydrogens is 254 g/mol. The lowest BCUT2D eigenvalue weighted by Crippen LogP contribution is -2.30. The number of nitrogens with one attached hydrogen (secondary N) is 1. The molecule has 108 valence electrons. The number of carbonyl (C=O) groups excluding carboxylic acids is 1. The summed E-state index contributed by atoms with van der Waals surface area (Å²) < 4.78 is 0. The van der Waals surface area contributed by atoms with Gasteiger partial charge in [0, 0.05) is 5.69 Å². The molecule has 0 bridgehead atoms. The van der Waals surface area contributed by atoms with Crippen molar-refractivity contribution in [2.45, 2.75) is 33.6 Å². The van der Waals surface area contributed by atoms with Crippen LogP contribution in [0.3, 0.4) is 0 Å². The van der Waals surface area contributed by atoms with Crippen LogP contribution in [0.25, 0.3) is 0 Å². The molecule has 1 aliphatic rings. The van der Waals surface area contributed by atoms with E-state index in [0.717, 1.165) is 16.8 Å². The SMILES string of the molecule is Cc1cc(C)cc(NC(=O)C2CC(C)CC2C(=O)O)c1. The summed E-state index contributed by atoms with van der Waals surface area (Å²) in [5.74, 6) is -1.74. The van der Waals surface area contributed by atoms with Crippen LogP contribution in [-0.2, 0) is 9.59 Å². The van der Waals surface area contributed by atoms with E-state index in [2.05, 4.69) is 5.32 Å². The second-order valence-electron chi connectivity index (χ2n) is 5.99. The van der Waals surface area contributed by atoms with Crippen molar-refractivity contribution >= 4 is 17.6 Å². The smallest absolute Gasteiger partial charge is 0.307 e. The van der Waals surface area contributed by atoms with E-state index in [1.807, 2.05) is 39.0 Å². The van der Waals surface area contributed by atoms with Gasteiger partial charge in [-0.2, -0.15) is 0 Å². The van der Waals surface area contributed by atoms with E-state index < -0.39 is 17.8 Å². The Morgan fingerprint density at radius 1 is 1.10 bits per heavy atom. The van der Waals surface area contributed by atoms with Crippen molar-refractivity contribution < 1.29 is 14.7 Å². The topological polar surface area (TPSA) is 66.4 Å². The summed E-state index contributed by atoms with van der Waals surface area (Å²) in [6, 6.07) is 5.84. The van der Waals surface area contributed by atoms with Crippen molar-refractivity contribution in [3.05, 3.63) is 29.3 Å². The van der Waals surface area contributed by atoms with Gasteiger partial charge >= 0.3 is 5.97 Å². The minimum atomic E-state index is -0.866. The molecule has 4 heteroatoms. The lowest BCUT2D eigenvalue weighted by molar-refractivity contribution is -0.145. The van der Waals surface area contributed by atoms with Crippen LogP contribution in [0.1, 0.15) is 30.9 Å². The molecule has 0 saturated heterocycles. The van der Waals surface area contributed by atoms with Crippen molar-refractivity contribution in [1.82, 2.24) is 0 Å². The third-order valence-corrected chi connectivity index (χ3v) is 3.94. The lowest BCUT2D eigenvalue weighted by atomic mass is 9.95. The summed E-state index contributed by atoms with van der Waals surface area (Å²) in [5, 5.41) is 12.1. The van der Waals surface area contributed by atoms with Crippen LogP contribution >= 0.6 is 0 Å². The molecule has 3 unspecified atom stereocenters. The summed E-state index contributed by atoms with van der Waals surface area (Å²) in [6.45, 7) is 5.95. The largest absolute Gasteiger partial charge is 0.481 e. The van der Waals surface area contributed by atoms with Gasteiger partial charge < -0.3 is 10.4 Å². The Balaban J connectivity index is 2.13. The quantitative estimate of drug-likeness (QED) is 0.891. The molecule has 0 heterocycles. The molecule has 1 saturated carbocycles. The third-order valence-electron chi connectivity index (χ3n) is 3.94. The lowest BCUT2D eigenvalue weighted by Gasteiger charge is -2.16. The van der Waals surface area contributed by atoms with Crippen LogP contribution in [0.4, 0.5) is 5.69 Å². The number of carboxylic acid groups (broad SMARTS) is 1. The van der Waals surface area contributed by atoms with Gasteiger partial charge in [0.1, 0.15) is 0 Å². The second kappa shape index (κ2) is 5.65. The number of aliphatic carboxylic acids is 1.